The van der Waals surface area contributed by atoms with Crippen LogP contribution in [0.1, 0.15) is 40.6 Å². The van der Waals surface area contributed by atoms with Gasteiger partial charge in [-0.2, -0.15) is 0 Å². The smallest absolute Gasteiger partial charge is 0.291 e. The second-order valence-electron chi connectivity index (χ2n) is 7.36. The third-order valence-corrected chi connectivity index (χ3v) is 5.77. The summed E-state index contributed by atoms with van der Waals surface area (Å²) in [5.74, 6) is -0.725. The van der Waals surface area contributed by atoms with Crippen LogP contribution in [-0.4, -0.2) is 30.1 Å². The normalized spacial score (nSPS) is 21.2. The molecule has 2 aromatic carbocycles. The molecular weight excluding hydrogens is 397 g/mol. The molecule has 3 heterocycles. The standard InChI is InChI=1S/C22H17ClFNO4/c23-13-5-8-17-16(10-13)20(26)18-19(12-3-6-14(24)7-4-12)25(22(27)21(18)29-17)11-15-2-1-9-28-15/h3-8,10,15,19H,1-2,9,11H2/t15-,19+/m0/s1. The maximum Gasteiger partial charge on any atom is 0.291 e. The first-order chi connectivity index (χ1) is 14.0. The van der Waals surface area contributed by atoms with Gasteiger partial charge in [0.2, 0.25) is 5.76 Å². The van der Waals surface area contributed by atoms with Crippen LogP contribution in [-0.2, 0) is 4.74 Å². The molecule has 0 spiro atoms. The van der Waals surface area contributed by atoms with Crippen molar-refractivity contribution < 1.29 is 18.3 Å². The molecule has 29 heavy (non-hydrogen) atoms. The third-order valence-electron chi connectivity index (χ3n) is 5.54. The van der Waals surface area contributed by atoms with Crippen LogP contribution in [0.4, 0.5) is 4.39 Å². The van der Waals surface area contributed by atoms with Crippen molar-refractivity contribution in [3.05, 3.63) is 80.4 Å². The molecule has 2 aliphatic heterocycles. The summed E-state index contributed by atoms with van der Waals surface area (Å²) in [4.78, 5) is 28.2. The number of ether oxygens (including phenoxy) is 1. The van der Waals surface area contributed by atoms with Gasteiger partial charge in [-0.3, -0.25) is 9.59 Å². The molecule has 0 aliphatic carbocycles. The molecule has 5 rings (SSSR count). The van der Waals surface area contributed by atoms with E-state index in [9.17, 15) is 14.0 Å². The van der Waals surface area contributed by atoms with Gasteiger partial charge in [-0.25, -0.2) is 4.39 Å². The van der Waals surface area contributed by atoms with Gasteiger partial charge in [0.05, 0.1) is 23.1 Å². The molecular formula is C22H17ClFNO4. The summed E-state index contributed by atoms with van der Waals surface area (Å²) in [7, 11) is 0. The summed E-state index contributed by atoms with van der Waals surface area (Å²) in [5, 5.41) is 0.721. The number of halogens is 2. The van der Waals surface area contributed by atoms with Crippen LogP contribution >= 0.6 is 11.6 Å². The second kappa shape index (κ2) is 6.97. The van der Waals surface area contributed by atoms with Crippen molar-refractivity contribution in [1.29, 1.82) is 0 Å². The molecule has 0 bridgehead atoms. The summed E-state index contributed by atoms with van der Waals surface area (Å²) in [6, 6.07) is 9.89. The van der Waals surface area contributed by atoms with Gasteiger partial charge in [-0.05, 0) is 48.7 Å². The summed E-state index contributed by atoms with van der Waals surface area (Å²) < 4.78 is 25.1. The lowest BCUT2D eigenvalue weighted by atomic mass is 9.98. The molecule has 1 saturated heterocycles. The lowest BCUT2D eigenvalue weighted by Gasteiger charge is -2.27. The van der Waals surface area contributed by atoms with E-state index in [-0.39, 0.29) is 34.6 Å². The zero-order valence-corrected chi connectivity index (χ0v) is 16.1. The van der Waals surface area contributed by atoms with Crippen LogP contribution in [0.3, 0.4) is 0 Å². The minimum absolute atomic E-state index is 0.0251. The summed E-state index contributed by atoms with van der Waals surface area (Å²) >= 11 is 6.07. The minimum atomic E-state index is -0.665. The molecule has 7 heteroatoms. The molecule has 3 aromatic rings. The highest BCUT2D eigenvalue weighted by molar-refractivity contribution is 6.31. The Labute approximate surface area is 170 Å². The molecule has 5 nitrogen and oxygen atoms in total. The zero-order chi connectivity index (χ0) is 20.1. The quantitative estimate of drug-likeness (QED) is 0.642. The number of rotatable bonds is 3. The van der Waals surface area contributed by atoms with E-state index in [4.69, 9.17) is 20.8 Å². The predicted octanol–water partition coefficient (Wildman–Crippen LogP) is 4.31. The Morgan fingerprint density at radius 3 is 2.66 bits per heavy atom. The average molecular weight is 414 g/mol. The summed E-state index contributed by atoms with van der Waals surface area (Å²) in [6.07, 6.45) is 1.67. The topological polar surface area (TPSA) is 59.8 Å². The van der Waals surface area contributed by atoms with Crippen LogP contribution in [0.2, 0.25) is 5.02 Å². The Kier molecular flexibility index (Phi) is 4.41. The number of fused-ring (bicyclic) bond motifs is 2. The Bertz CT molecular complexity index is 1170. The fourth-order valence-electron chi connectivity index (χ4n) is 4.18. The Morgan fingerprint density at radius 2 is 1.93 bits per heavy atom. The average Bonchev–Trinajstić information content (AvgIpc) is 3.32. The van der Waals surface area contributed by atoms with Gasteiger partial charge >= 0.3 is 0 Å². The molecule has 2 aliphatic rings. The first-order valence-corrected chi connectivity index (χ1v) is 9.85. The summed E-state index contributed by atoms with van der Waals surface area (Å²) in [6.45, 7) is 0.988. The van der Waals surface area contributed by atoms with Crippen LogP contribution in [0, 0.1) is 5.82 Å². The molecule has 0 saturated carbocycles. The van der Waals surface area contributed by atoms with Crippen molar-refractivity contribution in [3.8, 4) is 0 Å². The molecule has 148 valence electrons. The molecule has 0 radical (unpaired) electrons. The van der Waals surface area contributed by atoms with Crippen molar-refractivity contribution in [2.45, 2.75) is 25.0 Å². The fourth-order valence-corrected chi connectivity index (χ4v) is 4.35. The largest absolute Gasteiger partial charge is 0.450 e. The van der Waals surface area contributed by atoms with Gasteiger partial charge in [0, 0.05) is 18.2 Å². The van der Waals surface area contributed by atoms with Crippen molar-refractivity contribution in [3.63, 3.8) is 0 Å². The summed E-state index contributed by atoms with van der Waals surface area (Å²) in [5.41, 5.74) is 0.907. The van der Waals surface area contributed by atoms with E-state index in [0.29, 0.717) is 34.7 Å². The lowest BCUT2D eigenvalue weighted by Crippen LogP contribution is -2.36. The molecule has 1 fully saturated rings. The Morgan fingerprint density at radius 1 is 1.14 bits per heavy atom. The lowest BCUT2D eigenvalue weighted by molar-refractivity contribution is 0.0486. The number of nitrogens with zero attached hydrogens (tertiary/aromatic N) is 1. The van der Waals surface area contributed by atoms with Crippen molar-refractivity contribution >= 4 is 28.5 Å². The van der Waals surface area contributed by atoms with Gasteiger partial charge in [-0.1, -0.05) is 23.7 Å². The highest BCUT2D eigenvalue weighted by Gasteiger charge is 2.43. The number of benzene rings is 2. The minimum Gasteiger partial charge on any atom is -0.450 e. The van der Waals surface area contributed by atoms with Gasteiger partial charge in [0.25, 0.3) is 5.91 Å². The monoisotopic (exact) mass is 413 g/mol. The van der Waals surface area contributed by atoms with E-state index in [0.717, 1.165) is 12.8 Å². The first-order valence-electron chi connectivity index (χ1n) is 9.47. The van der Waals surface area contributed by atoms with Crippen LogP contribution in [0.5, 0.6) is 0 Å². The maximum atomic E-state index is 13.5. The molecule has 0 N–H and O–H groups in total. The molecule has 1 aromatic heterocycles. The SMILES string of the molecule is O=C1c2oc3ccc(Cl)cc3c(=O)c2[C@@H](c2ccc(F)cc2)N1C[C@@H]1CCCO1. The van der Waals surface area contributed by atoms with E-state index in [2.05, 4.69) is 0 Å². The van der Waals surface area contributed by atoms with Gasteiger partial charge in [0.1, 0.15) is 11.4 Å². The van der Waals surface area contributed by atoms with Crippen molar-refractivity contribution in [2.75, 3.05) is 13.2 Å². The number of carbonyl (C=O) groups is 1. The van der Waals surface area contributed by atoms with Crippen molar-refractivity contribution in [2.24, 2.45) is 0 Å². The van der Waals surface area contributed by atoms with E-state index >= 15 is 0 Å². The predicted molar refractivity (Wildman–Crippen MR) is 106 cm³/mol. The van der Waals surface area contributed by atoms with Gasteiger partial charge in [-0.15, -0.1) is 0 Å². The number of hydrogen-bond acceptors (Lipinski definition) is 4. The van der Waals surface area contributed by atoms with E-state index in [1.165, 1.54) is 18.2 Å². The Balaban J connectivity index is 1.71. The highest BCUT2D eigenvalue weighted by atomic mass is 35.5. The molecule has 1 amide bonds. The van der Waals surface area contributed by atoms with E-state index < -0.39 is 6.04 Å². The van der Waals surface area contributed by atoms with Gasteiger partial charge < -0.3 is 14.1 Å². The van der Waals surface area contributed by atoms with Crippen LogP contribution in [0.25, 0.3) is 11.0 Å². The number of carbonyl (C=O) groups excluding carboxylic acids is 1. The highest BCUT2D eigenvalue weighted by Crippen LogP contribution is 2.39. The van der Waals surface area contributed by atoms with Crippen molar-refractivity contribution in [1.82, 2.24) is 4.90 Å². The van der Waals surface area contributed by atoms with Crippen LogP contribution < -0.4 is 5.43 Å². The van der Waals surface area contributed by atoms with Gasteiger partial charge in [0.15, 0.2) is 5.43 Å². The Hall–Kier alpha value is -2.70. The molecule has 0 unspecified atom stereocenters. The van der Waals surface area contributed by atoms with Crippen LogP contribution in [0.15, 0.2) is 51.7 Å². The van der Waals surface area contributed by atoms with E-state index in [1.54, 1.807) is 29.2 Å². The third kappa shape index (κ3) is 3.03. The fraction of sp³-hybridized carbons (Fsp3) is 0.273. The zero-order valence-electron chi connectivity index (χ0n) is 15.4. The number of hydrogen-bond donors (Lipinski definition) is 0. The maximum absolute atomic E-state index is 13.5. The number of amides is 1. The van der Waals surface area contributed by atoms with E-state index in [1.807, 2.05) is 0 Å². The molecule has 2 atom stereocenters. The first kappa shape index (κ1) is 18.3. The second-order valence-corrected chi connectivity index (χ2v) is 7.80.